The van der Waals surface area contributed by atoms with Gasteiger partial charge >= 0.3 is 0 Å². The lowest BCUT2D eigenvalue weighted by molar-refractivity contribution is 0.269. The maximum absolute atomic E-state index is 5.65. The summed E-state index contributed by atoms with van der Waals surface area (Å²) >= 11 is 4.68. The summed E-state index contributed by atoms with van der Waals surface area (Å²) in [4.78, 5) is 10.6. The first-order valence-electron chi connectivity index (χ1n) is 9.61. The van der Waals surface area contributed by atoms with Crippen LogP contribution in [0.15, 0.2) is 51.7 Å². The first-order chi connectivity index (χ1) is 12.7. The average molecular weight is 370 g/mol. The number of ether oxygens (including phenoxy) is 1. The average Bonchev–Trinajstić information content (AvgIpc) is 3.37. The van der Waals surface area contributed by atoms with Crippen molar-refractivity contribution in [2.75, 3.05) is 38.2 Å². The molecule has 0 saturated carbocycles. The molecule has 5 heteroatoms. The quantitative estimate of drug-likeness (QED) is 0.789. The van der Waals surface area contributed by atoms with Crippen LogP contribution < -0.4 is 4.90 Å². The van der Waals surface area contributed by atoms with Crippen molar-refractivity contribution in [2.24, 2.45) is 4.99 Å². The van der Waals surface area contributed by atoms with Crippen molar-refractivity contribution in [3.8, 4) is 0 Å². The van der Waals surface area contributed by atoms with E-state index in [4.69, 9.17) is 9.73 Å². The molecule has 4 nitrogen and oxygen atoms in total. The first-order valence-corrected chi connectivity index (χ1v) is 10.1. The van der Waals surface area contributed by atoms with Gasteiger partial charge in [0.25, 0.3) is 0 Å². The highest BCUT2D eigenvalue weighted by Crippen LogP contribution is 2.32. The van der Waals surface area contributed by atoms with Crippen molar-refractivity contribution in [2.45, 2.75) is 37.0 Å². The number of rotatable bonds is 4. The van der Waals surface area contributed by atoms with E-state index in [-0.39, 0.29) is 0 Å². The van der Waals surface area contributed by atoms with Crippen LogP contribution in [0.1, 0.15) is 32.1 Å². The molecule has 0 unspecified atom stereocenters. The Kier molecular flexibility index (Phi) is 5.25. The zero-order chi connectivity index (χ0) is 17.9. The Bertz CT molecular complexity index is 757. The minimum Gasteiger partial charge on any atom is -0.495 e. The van der Waals surface area contributed by atoms with Gasteiger partial charge in [-0.2, -0.15) is 0 Å². The number of hydrogen-bond acceptors (Lipinski definition) is 5. The summed E-state index contributed by atoms with van der Waals surface area (Å²) in [7, 11) is 1.74. The Morgan fingerprint density at radius 3 is 2.35 bits per heavy atom. The van der Waals surface area contributed by atoms with Gasteiger partial charge in [-0.25, -0.2) is 0 Å². The Morgan fingerprint density at radius 2 is 1.69 bits per heavy atom. The topological polar surface area (TPSA) is 28.1 Å². The summed E-state index contributed by atoms with van der Waals surface area (Å²) in [5.74, 6) is 0.923. The summed E-state index contributed by atoms with van der Waals surface area (Å²) in [6, 6.07) is 6.39. The molecule has 0 aromatic heterocycles. The number of aliphatic imine (C=N–C) groups is 1. The van der Waals surface area contributed by atoms with Crippen LogP contribution in [0, 0.1) is 0 Å². The van der Waals surface area contributed by atoms with Gasteiger partial charge in [0.15, 0.2) is 0 Å². The van der Waals surface area contributed by atoms with Crippen LogP contribution >= 0.6 is 12.6 Å². The fourth-order valence-electron chi connectivity index (χ4n) is 4.00. The Balaban J connectivity index is 1.54. The summed E-state index contributed by atoms with van der Waals surface area (Å²) < 4.78 is 5.65. The number of likely N-dealkylation sites (tertiary alicyclic amines) is 1. The summed E-state index contributed by atoms with van der Waals surface area (Å²) in [5.41, 5.74) is 4.42. The summed E-state index contributed by atoms with van der Waals surface area (Å²) in [6.07, 6.45) is 10.3. The molecule has 1 aromatic carbocycles. The van der Waals surface area contributed by atoms with Crippen LogP contribution in [0.25, 0.3) is 0 Å². The molecule has 0 N–H and O–H groups in total. The number of nitrogens with zero attached hydrogens (tertiary/aromatic N) is 3. The van der Waals surface area contributed by atoms with E-state index in [2.05, 4.69) is 52.8 Å². The van der Waals surface area contributed by atoms with E-state index in [0.29, 0.717) is 0 Å². The van der Waals surface area contributed by atoms with Gasteiger partial charge in [-0.1, -0.05) is 6.08 Å². The highest BCUT2D eigenvalue weighted by Gasteiger charge is 2.22. The second-order valence-corrected chi connectivity index (χ2v) is 7.65. The molecular formula is C21H27N3OS. The molecule has 0 spiro atoms. The predicted octanol–water partition coefficient (Wildman–Crippen LogP) is 4.56. The molecule has 1 aromatic rings. The largest absolute Gasteiger partial charge is 0.495 e. The molecule has 2 saturated heterocycles. The second-order valence-electron chi connectivity index (χ2n) is 7.17. The van der Waals surface area contributed by atoms with Gasteiger partial charge in [-0.3, -0.25) is 4.99 Å². The zero-order valence-electron chi connectivity index (χ0n) is 15.4. The molecule has 0 radical (unpaired) electrons. The van der Waals surface area contributed by atoms with Crippen LogP contribution in [0.4, 0.5) is 11.4 Å². The van der Waals surface area contributed by atoms with E-state index in [1.807, 2.05) is 0 Å². The molecule has 138 valence electrons. The van der Waals surface area contributed by atoms with Gasteiger partial charge in [0.2, 0.25) is 0 Å². The molecule has 2 fully saturated rings. The number of allylic oxidation sites excluding steroid dienone is 2. The Labute approximate surface area is 161 Å². The van der Waals surface area contributed by atoms with Gasteiger partial charge in [0.05, 0.1) is 18.5 Å². The molecule has 1 aliphatic carbocycles. The van der Waals surface area contributed by atoms with E-state index in [1.54, 1.807) is 7.11 Å². The Hall–Kier alpha value is -1.88. The second kappa shape index (κ2) is 7.78. The number of hydrogen-bond donors (Lipinski definition) is 1. The monoisotopic (exact) mass is 369 g/mol. The molecule has 0 bridgehead atoms. The van der Waals surface area contributed by atoms with Crippen molar-refractivity contribution in [1.29, 1.82) is 0 Å². The third kappa shape index (κ3) is 3.63. The van der Waals surface area contributed by atoms with Gasteiger partial charge in [-0.05, 0) is 43.9 Å². The van der Waals surface area contributed by atoms with Crippen molar-refractivity contribution < 1.29 is 4.74 Å². The maximum Gasteiger partial charge on any atom is 0.143 e. The normalized spacial score (nSPS) is 22.0. The van der Waals surface area contributed by atoms with Crippen LogP contribution in [0.2, 0.25) is 0 Å². The number of anilines is 1. The minimum atomic E-state index is 0.833. The molecule has 3 aliphatic rings. The molecular weight excluding hydrogens is 342 g/mol. The summed E-state index contributed by atoms with van der Waals surface area (Å²) in [5, 5.41) is 0. The number of methoxy groups -OCH3 is 1. The van der Waals surface area contributed by atoms with Gasteiger partial charge in [0, 0.05) is 55.0 Å². The van der Waals surface area contributed by atoms with Crippen molar-refractivity contribution in [3.05, 3.63) is 41.8 Å². The van der Waals surface area contributed by atoms with E-state index in [0.717, 1.165) is 54.7 Å². The molecule has 0 amide bonds. The third-order valence-corrected chi connectivity index (χ3v) is 5.77. The van der Waals surface area contributed by atoms with E-state index in [9.17, 15) is 0 Å². The van der Waals surface area contributed by atoms with Crippen molar-refractivity contribution in [3.63, 3.8) is 0 Å². The van der Waals surface area contributed by atoms with Crippen molar-refractivity contribution >= 4 is 29.7 Å². The smallest absolute Gasteiger partial charge is 0.143 e. The lowest BCUT2D eigenvalue weighted by Crippen LogP contribution is -2.23. The molecule has 26 heavy (non-hydrogen) atoms. The van der Waals surface area contributed by atoms with Crippen LogP contribution in [-0.2, 0) is 4.74 Å². The molecule has 2 aliphatic heterocycles. The van der Waals surface area contributed by atoms with Crippen molar-refractivity contribution in [1.82, 2.24) is 4.90 Å². The fourth-order valence-corrected chi connectivity index (χ4v) is 4.26. The standard InChI is InChI=1S/C21H27N3OS/c1-25-20-14-16(6-9-19(20)24-12-4-5-13-24)22-18-8-7-17(15-21(18)26)23-10-2-3-11-23/h7-9,14-15,26H,2-6,10-13H2,1H3. The third-order valence-electron chi connectivity index (χ3n) is 5.42. The predicted molar refractivity (Wildman–Crippen MR) is 111 cm³/mol. The lowest BCUT2D eigenvalue weighted by atomic mass is 10.1. The summed E-state index contributed by atoms with van der Waals surface area (Å²) in [6.45, 7) is 4.53. The Morgan fingerprint density at radius 1 is 1.00 bits per heavy atom. The van der Waals surface area contributed by atoms with Crippen LogP contribution in [0.5, 0.6) is 0 Å². The van der Waals surface area contributed by atoms with Crippen LogP contribution in [-0.4, -0.2) is 43.9 Å². The molecule has 4 rings (SSSR count). The maximum atomic E-state index is 5.65. The van der Waals surface area contributed by atoms with E-state index in [1.165, 1.54) is 37.1 Å². The minimum absolute atomic E-state index is 0.833. The first kappa shape index (κ1) is 17.5. The SMILES string of the molecule is COC1=CC(=Nc2ccc(N3CCCC3)cc2S)CC=C1N1CCCC1. The number of thiol groups is 1. The fraction of sp³-hybridized carbons (Fsp3) is 0.476. The lowest BCUT2D eigenvalue weighted by Gasteiger charge is -2.25. The molecule has 0 atom stereocenters. The highest BCUT2D eigenvalue weighted by molar-refractivity contribution is 7.80. The highest BCUT2D eigenvalue weighted by atomic mass is 32.1. The van der Waals surface area contributed by atoms with Gasteiger partial charge in [0.1, 0.15) is 5.76 Å². The van der Waals surface area contributed by atoms with E-state index >= 15 is 0 Å². The van der Waals surface area contributed by atoms with Crippen LogP contribution in [0.3, 0.4) is 0 Å². The van der Waals surface area contributed by atoms with E-state index < -0.39 is 0 Å². The molecule has 2 heterocycles. The number of benzene rings is 1. The zero-order valence-corrected chi connectivity index (χ0v) is 16.3. The van der Waals surface area contributed by atoms with Gasteiger partial charge in [-0.15, -0.1) is 12.6 Å². The van der Waals surface area contributed by atoms with Gasteiger partial charge < -0.3 is 14.5 Å².